The first-order valence-corrected chi connectivity index (χ1v) is 6.90. The molecule has 0 saturated heterocycles. The molecule has 1 atom stereocenters. The van der Waals surface area contributed by atoms with Crippen molar-refractivity contribution < 1.29 is 9.53 Å². The highest BCUT2D eigenvalue weighted by atomic mass is 16.5. The molecule has 0 radical (unpaired) electrons. The summed E-state index contributed by atoms with van der Waals surface area (Å²) in [6, 6.07) is 17.0. The zero-order valence-electron chi connectivity index (χ0n) is 12.3. The van der Waals surface area contributed by atoms with Crippen LogP contribution in [0.4, 0.5) is 5.69 Å². The van der Waals surface area contributed by atoms with E-state index in [-0.39, 0.29) is 0 Å². The molecule has 1 amide bonds. The van der Waals surface area contributed by atoms with Crippen LogP contribution in [0.3, 0.4) is 0 Å². The van der Waals surface area contributed by atoms with Gasteiger partial charge in [0.05, 0.1) is 7.11 Å². The summed E-state index contributed by atoms with van der Waals surface area (Å²) in [6.07, 6.45) is 0.545. The van der Waals surface area contributed by atoms with Crippen LogP contribution in [-0.4, -0.2) is 13.0 Å². The molecule has 2 aromatic rings. The molecular formula is C17H20N2O2. The summed E-state index contributed by atoms with van der Waals surface area (Å²) in [5, 5.41) is 3.28. The van der Waals surface area contributed by atoms with E-state index in [0.717, 1.165) is 17.0 Å². The summed E-state index contributed by atoms with van der Waals surface area (Å²) < 4.78 is 5.16. The summed E-state index contributed by atoms with van der Waals surface area (Å²) in [5.41, 5.74) is 6.44. The number of nitrogens with two attached hydrogens (primary N) is 1. The molecule has 2 rings (SSSR count). The van der Waals surface area contributed by atoms with Crippen molar-refractivity contribution in [2.45, 2.75) is 18.9 Å². The van der Waals surface area contributed by atoms with Crippen molar-refractivity contribution in [2.75, 3.05) is 12.4 Å². The second-order valence-electron chi connectivity index (χ2n) is 4.84. The Hall–Kier alpha value is -2.49. The minimum Gasteiger partial charge on any atom is -0.497 e. The fourth-order valence-corrected chi connectivity index (χ4v) is 2.39. The molecule has 4 heteroatoms. The van der Waals surface area contributed by atoms with Crippen molar-refractivity contribution in [3.63, 3.8) is 0 Å². The quantitative estimate of drug-likeness (QED) is 0.857. The van der Waals surface area contributed by atoms with Crippen LogP contribution < -0.4 is 15.8 Å². The van der Waals surface area contributed by atoms with Gasteiger partial charge < -0.3 is 15.8 Å². The van der Waals surface area contributed by atoms with Gasteiger partial charge in [0.1, 0.15) is 11.3 Å². The van der Waals surface area contributed by atoms with E-state index in [4.69, 9.17) is 10.5 Å². The summed E-state index contributed by atoms with van der Waals surface area (Å²) in [7, 11) is 1.61. The van der Waals surface area contributed by atoms with Crippen molar-refractivity contribution in [2.24, 2.45) is 5.73 Å². The Morgan fingerprint density at radius 3 is 2.24 bits per heavy atom. The summed E-state index contributed by atoms with van der Waals surface area (Å²) >= 11 is 0. The number of primary amides is 1. The first-order chi connectivity index (χ1) is 10.1. The number of benzene rings is 2. The lowest BCUT2D eigenvalue weighted by molar-refractivity contribution is -0.122. The number of para-hydroxylation sites is 1. The SMILES string of the molecule is CCC(Nc1ccccc1)(C(N)=O)c1ccc(OC)cc1. The molecule has 0 aliphatic rings. The second kappa shape index (κ2) is 6.31. The minimum atomic E-state index is -0.937. The van der Waals surface area contributed by atoms with Crippen LogP contribution in [0.25, 0.3) is 0 Å². The molecule has 4 nitrogen and oxygen atoms in total. The molecule has 0 aromatic heterocycles. The third-order valence-electron chi connectivity index (χ3n) is 3.67. The monoisotopic (exact) mass is 284 g/mol. The number of hydrogen-bond donors (Lipinski definition) is 2. The molecule has 0 saturated carbocycles. The first kappa shape index (κ1) is 14.9. The van der Waals surface area contributed by atoms with Crippen LogP contribution in [-0.2, 0) is 10.3 Å². The number of hydrogen-bond acceptors (Lipinski definition) is 3. The predicted molar refractivity (Wildman–Crippen MR) is 84.2 cm³/mol. The molecule has 0 fully saturated rings. The van der Waals surface area contributed by atoms with Gasteiger partial charge in [-0.1, -0.05) is 37.3 Å². The van der Waals surface area contributed by atoms with Gasteiger partial charge in [0.25, 0.3) is 0 Å². The number of carbonyl (C=O) groups excluding carboxylic acids is 1. The number of anilines is 1. The summed E-state index contributed by atoms with van der Waals surface area (Å²) in [4.78, 5) is 12.1. The average Bonchev–Trinajstić information content (AvgIpc) is 2.53. The molecule has 1 unspecified atom stereocenters. The smallest absolute Gasteiger partial charge is 0.247 e. The number of methoxy groups -OCH3 is 1. The lowest BCUT2D eigenvalue weighted by atomic mass is 9.86. The molecule has 0 heterocycles. The predicted octanol–water partition coefficient (Wildman–Crippen LogP) is 2.90. The molecule has 0 spiro atoms. The Kier molecular flexibility index (Phi) is 4.48. The van der Waals surface area contributed by atoms with Crippen LogP contribution in [0.1, 0.15) is 18.9 Å². The van der Waals surface area contributed by atoms with Crippen molar-refractivity contribution >= 4 is 11.6 Å². The van der Waals surface area contributed by atoms with Crippen molar-refractivity contribution in [3.8, 4) is 5.75 Å². The van der Waals surface area contributed by atoms with Crippen molar-refractivity contribution in [1.82, 2.24) is 0 Å². The van der Waals surface area contributed by atoms with Gasteiger partial charge in [-0.15, -0.1) is 0 Å². The topological polar surface area (TPSA) is 64.3 Å². The maximum Gasteiger partial charge on any atom is 0.247 e. The van der Waals surface area contributed by atoms with E-state index in [2.05, 4.69) is 5.32 Å². The molecule has 2 aromatic carbocycles. The number of rotatable bonds is 6. The second-order valence-corrected chi connectivity index (χ2v) is 4.84. The summed E-state index contributed by atoms with van der Waals surface area (Å²) in [5.74, 6) is 0.340. The molecule has 21 heavy (non-hydrogen) atoms. The Morgan fingerprint density at radius 1 is 1.14 bits per heavy atom. The van der Waals surface area contributed by atoms with Gasteiger partial charge in [-0.25, -0.2) is 0 Å². The Morgan fingerprint density at radius 2 is 1.76 bits per heavy atom. The zero-order valence-corrected chi connectivity index (χ0v) is 12.3. The molecule has 0 bridgehead atoms. The molecule has 110 valence electrons. The molecule has 0 aliphatic heterocycles. The third kappa shape index (κ3) is 2.99. The Labute approximate surface area is 124 Å². The maximum atomic E-state index is 12.1. The Balaban J connectivity index is 2.42. The van der Waals surface area contributed by atoms with E-state index >= 15 is 0 Å². The van der Waals surface area contributed by atoms with Gasteiger partial charge in [-0.3, -0.25) is 4.79 Å². The van der Waals surface area contributed by atoms with Gasteiger partial charge in [0.15, 0.2) is 0 Å². The molecule has 0 aliphatic carbocycles. The van der Waals surface area contributed by atoms with Crippen LogP contribution in [0.5, 0.6) is 5.75 Å². The normalized spacial score (nSPS) is 13.2. The molecule has 3 N–H and O–H groups in total. The third-order valence-corrected chi connectivity index (χ3v) is 3.67. The van der Waals surface area contributed by atoms with Gasteiger partial charge in [0.2, 0.25) is 5.91 Å². The standard InChI is InChI=1S/C17H20N2O2/c1-3-17(16(18)20,19-14-7-5-4-6-8-14)13-9-11-15(21-2)12-10-13/h4-12,19H,3H2,1-2H3,(H2,18,20). The van der Waals surface area contributed by atoms with Crippen molar-refractivity contribution in [3.05, 3.63) is 60.2 Å². The first-order valence-electron chi connectivity index (χ1n) is 6.90. The van der Waals surface area contributed by atoms with Gasteiger partial charge in [-0.2, -0.15) is 0 Å². The number of carbonyl (C=O) groups is 1. The van der Waals surface area contributed by atoms with E-state index in [1.54, 1.807) is 7.11 Å². The lowest BCUT2D eigenvalue weighted by Crippen LogP contribution is -2.47. The largest absolute Gasteiger partial charge is 0.497 e. The lowest BCUT2D eigenvalue weighted by Gasteiger charge is -2.32. The highest BCUT2D eigenvalue weighted by Crippen LogP contribution is 2.30. The van der Waals surface area contributed by atoms with E-state index in [0.29, 0.717) is 6.42 Å². The average molecular weight is 284 g/mol. The van der Waals surface area contributed by atoms with E-state index in [1.807, 2.05) is 61.5 Å². The summed E-state index contributed by atoms with van der Waals surface area (Å²) in [6.45, 7) is 1.94. The fourth-order valence-electron chi connectivity index (χ4n) is 2.39. The highest BCUT2D eigenvalue weighted by Gasteiger charge is 2.36. The van der Waals surface area contributed by atoms with Crippen LogP contribution >= 0.6 is 0 Å². The van der Waals surface area contributed by atoms with E-state index in [1.165, 1.54) is 0 Å². The van der Waals surface area contributed by atoms with Crippen molar-refractivity contribution in [1.29, 1.82) is 0 Å². The highest BCUT2D eigenvalue weighted by molar-refractivity contribution is 5.89. The van der Waals surface area contributed by atoms with E-state index < -0.39 is 11.4 Å². The molecular weight excluding hydrogens is 264 g/mol. The number of nitrogens with one attached hydrogen (secondary N) is 1. The minimum absolute atomic E-state index is 0.404. The maximum absolute atomic E-state index is 12.1. The Bertz CT molecular complexity index is 596. The van der Waals surface area contributed by atoms with Crippen LogP contribution in [0, 0.1) is 0 Å². The fraction of sp³-hybridized carbons (Fsp3) is 0.235. The van der Waals surface area contributed by atoms with E-state index in [9.17, 15) is 4.79 Å². The van der Waals surface area contributed by atoms with Gasteiger partial charge in [-0.05, 0) is 36.2 Å². The van der Waals surface area contributed by atoms with Crippen LogP contribution in [0.15, 0.2) is 54.6 Å². The van der Waals surface area contributed by atoms with Crippen LogP contribution in [0.2, 0.25) is 0 Å². The zero-order chi connectivity index (χ0) is 15.3. The van der Waals surface area contributed by atoms with Gasteiger partial charge in [0, 0.05) is 5.69 Å². The number of amides is 1. The van der Waals surface area contributed by atoms with Gasteiger partial charge >= 0.3 is 0 Å². The number of ether oxygens (including phenoxy) is 1.